The Morgan fingerprint density at radius 3 is 2.38 bits per heavy atom. The Labute approximate surface area is 138 Å². The Balaban J connectivity index is 2.17. The number of rotatable bonds is 6. The van der Waals surface area contributed by atoms with Crippen LogP contribution < -0.4 is 10.6 Å². The number of nitrogens with two attached hydrogens (primary N) is 1. The molecule has 1 fully saturated rings. The van der Waals surface area contributed by atoms with Crippen molar-refractivity contribution in [2.75, 3.05) is 31.1 Å². The van der Waals surface area contributed by atoms with Crippen molar-refractivity contribution in [2.24, 2.45) is 10.9 Å². The number of benzene rings is 1. The maximum Gasteiger partial charge on any atom is 0.317 e. The summed E-state index contributed by atoms with van der Waals surface area (Å²) in [6.45, 7) is 1.31. The molecular weight excluding hydrogens is 316 g/mol. The number of carboxylic acid groups (broad SMARTS) is 2. The van der Waals surface area contributed by atoms with Gasteiger partial charge in [0.15, 0.2) is 5.84 Å². The van der Waals surface area contributed by atoms with E-state index in [2.05, 4.69) is 5.16 Å². The highest BCUT2D eigenvalue weighted by Gasteiger charge is 2.29. The van der Waals surface area contributed by atoms with Crippen LogP contribution in [0.1, 0.15) is 12.0 Å². The monoisotopic (exact) mass is 336 g/mol. The van der Waals surface area contributed by atoms with Crippen LogP contribution >= 0.6 is 0 Å². The molecule has 1 aliphatic heterocycles. The van der Waals surface area contributed by atoms with Gasteiger partial charge in [-0.15, -0.1) is 0 Å². The molecule has 9 heteroatoms. The van der Waals surface area contributed by atoms with Crippen LogP contribution in [0, 0.1) is 0 Å². The van der Waals surface area contributed by atoms with Crippen LogP contribution in [0.15, 0.2) is 29.4 Å². The van der Waals surface area contributed by atoms with Crippen LogP contribution in [0.3, 0.4) is 0 Å². The van der Waals surface area contributed by atoms with Gasteiger partial charge in [0.05, 0.1) is 19.0 Å². The minimum absolute atomic E-state index is 0.00471. The third-order valence-corrected chi connectivity index (χ3v) is 3.94. The molecule has 1 aromatic carbocycles. The van der Waals surface area contributed by atoms with E-state index in [1.54, 1.807) is 29.2 Å². The van der Waals surface area contributed by atoms with E-state index in [0.717, 1.165) is 5.69 Å². The fraction of sp³-hybridized carbons (Fsp3) is 0.400. The van der Waals surface area contributed by atoms with Crippen molar-refractivity contribution < 1.29 is 25.0 Å². The molecule has 2 rings (SSSR count). The quantitative estimate of drug-likeness (QED) is 0.243. The van der Waals surface area contributed by atoms with Gasteiger partial charge in [0.25, 0.3) is 0 Å². The maximum absolute atomic E-state index is 11.1. The number of carboxylic acids is 2. The summed E-state index contributed by atoms with van der Waals surface area (Å²) in [4.78, 5) is 25.7. The second-order valence-corrected chi connectivity index (χ2v) is 5.61. The highest BCUT2D eigenvalue weighted by atomic mass is 16.4. The van der Waals surface area contributed by atoms with Crippen molar-refractivity contribution in [3.63, 3.8) is 0 Å². The number of hydrogen-bond donors (Lipinski definition) is 4. The summed E-state index contributed by atoms with van der Waals surface area (Å²) in [5.74, 6) is -1.87. The van der Waals surface area contributed by atoms with Crippen molar-refractivity contribution in [1.29, 1.82) is 0 Å². The van der Waals surface area contributed by atoms with E-state index < -0.39 is 11.9 Å². The van der Waals surface area contributed by atoms with Crippen LogP contribution in [-0.2, 0) is 9.59 Å². The number of oxime groups is 1. The number of amidine groups is 1. The molecule has 5 N–H and O–H groups in total. The standard InChI is InChI=1S/C15H20N4O5/c16-15(17-24)10-1-3-11(4-2-10)19-6-5-18(9-14(22)23)8-12(19)7-13(20)21/h1-4,12,24H,5-9H2,(H2,16,17)(H,20,21)(H,22,23). The minimum Gasteiger partial charge on any atom is -0.481 e. The topological polar surface area (TPSA) is 140 Å². The molecule has 0 aromatic heterocycles. The first-order chi connectivity index (χ1) is 11.4. The first-order valence-corrected chi connectivity index (χ1v) is 7.41. The predicted molar refractivity (Wildman–Crippen MR) is 86.4 cm³/mol. The van der Waals surface area contributed by atoms with Gasteiger partial charge in [0, 0.05) is 30.9 Å². The summed E-state index contributed by atoms with van der Waals surface area (Å²) in [6, 6.07) is 6.59. The van der Waals surface area contributed by atoms with Crippen molar-refractivity contribution in [2.45, 2.75) is 12.5 Å². The summed E-state index contributed by atoms with van der Waals surface area (Å²) < 4.78 is 0. The molecule has 0 bridgehead atoms. The summed E-state index contributed by atoms with van der Waals surface area (Å²) in [6.07, 6.45) is -0.0852. The lowest BCUT2D eigenvalue weighted by atomic mass is 10.1. The Kier molecular flexibility index (Phi) is 5.59. The number of anilines is 1. The molecule has 1 aromatic rings. The lowest BCUT2D eigenvalue weighted by Gasteiger charge is -2.41. The fourth-order valence-corrected chi connectivity index (χ4v) is 2.85. The first kappa shape index (κ1) is 17.5. The van der Waals surface area contributed by atoms with Gasteiger partial charge < -0.3 is 26.1 Å². The van der Waals surface area contributed by atoms with Crippen LogP contribution in [-0.4, -0.2) is 70.3 Å². The SMILES string of the molecule is N/C(=N\O)c1ccc(N2CCN(CC(=O)O)CC2CC(=O)O)cc1. The van der Waals surface area contributed by atoms with Crippen LogP contribution in [0.5, 0.6) is 0 Å². The average molecular weight is 336 g/mol. The number of hydrogen-bond acceptors (Lipinski definition) is 6. The molecule has 1 aliphatic rings. The summed E-state index contributed by atoms with van der Waals surface area (Å²) in [7, 11) is 0. The molecule has 130 valence electrons. The number of nitrogens with zero attached hydrogens (tertiary/aromatic N) is 3. The van der Waals surface area contributed by atoms with Gasteiger partial charge >= 0.3 is 11.9 Å². The average Bonchev–Trinajstić information content (AvgIpc) is 2.53. The molecule has 0 aliphatic carbocycles. The normalized spacial score (nSPS) is 19.2. The highest BCUT2D eigenvalue weighted by Crippen LogP contribution is 2.23. The van der Waals surface area contributed by atoms with E-state index in [1.807, 2.05) is 4.90 Å². The third kappa shape index (κ3) is 4.35. The van der Waals surface area contributed by atoms with Gasteiger partial charge in [-0.1, -0.05) is 5.16 Å². The lowest BCUT2D eigenvalue weighted by molar-refractivity contribution is -0.138. The Hall–Kier alpha value is -2.81. The molecule has 1 saturated heterocycles. The van der Waals surface area contributed by atoms with E-state index >= 15 is 0 Å². The highest BCUT2D eigenvalue weighted by molar-refractivity contribution is 5.97. The van der Waals surface area contributed by atoms with Gasteiger partial charge in [-0.3, -0.25) is 14.5 Å². The molecule has 1 heterocycles. The number of piperazine rings is 1. The third-order valence-electron chi connectivity index (χ3n) is 3.94. The zero-order valence-corrected chi connectivity index (χ0v) is 13.0. The van der Waals surface area contributed by atoms with E-state index in [4.69, 9.17) is 21.2 Å². The molecule has 0 saturated carbocycles. The maximum atomic E-state index is 11.1. The van der Waals surface area contributed by atoms with Gasteiger partial charge in [-0.25, -0.2) is 0 Å². The second-order valence-electron chi connectivity index (χ2n) is 5.61. The van der Waals surface area contributed by atoms with E-state index in [1.165, 1.54) is 0 Å². The van der Waals surface area contributed by atoms with E-state index in [0.29, 0.717) is 25.2 Å². The Morgan fingerprint density at radius 1 is 1.17 bits per heavy atom. The summed E-state index contributed by atoms with van der Waals surface area (Å²) in [5, 5.41) is 29.6. The minimum atomic E-state index is -0.935. The predicted octanol–water partition coefficient (Wildman–Crippen LogP) is -0.169. The molecule has 0 spiro atoms. The van der Waals surface area contributed by atoms with E-state index in [9.17, 15) is 9.59 Å². The summed E-state index contributed by atoms with van der Waals surface area (Å²) >= 11 is 0. The van der Waals surface area contributed by atoms with Crippen molar-refractivity contribution >= 4 is 23.5 Å². The molecule has 0 amide bonds. The van der Waals surface area contributed by atoms with Crippen molar-refractivity contribution in [1.82, 2.24) is 4.90 Å². The molecule has 9 nitrogen and oxygen atoms in total. The largest absolute Gasteiger partial charge is 0.481 e. The van der Waals surface area contributed by atoms with Gasteiger partial charge in [-0.05, 0) is 24.3 Å². The smallest absolute Gasteiger partial charge is 0.317 e. The van der Waals surface area contributed by atoms with E-state index in [-0.39, 0.29) is 24.8 Å². The molecule has 0 radical (unpaired) electrons. The first-order valence-electron chi connectivity index (χ1n) is 7.41. The summed E-state index contributed by atoms with van der Waals surface area (Å²) in [5.41, 5.74) is 6.89. The van der Waals surface area contributed by atoms with Gasteiger partial charge in [-0.2, -0.15) is 0 Å². The molecule has 1 atom stereocenters. The fourth-order valence-electron chi connectivity index (χ4n) is 2.85. The lowest BCUT2D eigenvalue weighted by Crippen LogP contribution is -2.55. The van der Waals surface area contributed by atoms with Gasteiger partial charge in [0.2, 0.25) is 0 Å². The van der Waals surface area contributed by atoms with Crippen molar-refractivity contribution in [3.8, 4) is 0 Å². The van der Waals surface area contributed by atoms with Crippen LogP contribution in [0.2, 0.25) is 0 Å². The zero-order valence-electron chi connectivity index (χ0n) is 13.0. The second kappa shape index (κ2) is 7.64. The number of carbonyl (C=O) groups is 2. The van der Waals surface area contributed by atoms with Crippen LogP contribution in [0.4, 0.5) is 5.69 Å². The van der Waals surface area contributed by atoms with Crippen molar-refractivity contribution in [3.05, 3.63) is 29.8 Å². The number of aliphatic carboxylic acids is 2. The van der Waals surface area contributed by atoms with Crippen LogP contribution in [0.25, 0.3) is 0 Å². The Bertz CT molecular complexity index is 631. The molecule has 1 unspecified atom stereocenters. The zero-order chi connectivity index (χ0) is 17.7. The Morgan fingerprint density at radius 2 is 1.83 bits per heavy atom. The van der Waals surface area contributed by atoms with Gasteiger partial charge in [0.1, 0.15) is 0 Å². The molecular formula is C15H20N4O5. The molecule has 24 heavy (non-hydrogen) atoms.